The van der Waals surface area contributed by atoms with Gasteiger partial charge in [-0.15, -0.1) is 0 Å². The molecule has 0 radical (unpaired) electrons. The highest BCUT2D eigenvalue weighted by atomic mass is 16.6. The van der Waals surface area contributed by atoms with Gasteiger partial charge in [0.2, 0.25) is 0 Å². The van der Waals surface area contributed by atoms with E-state index in [-0.39, 0.29) is 31.6 Å². The first-order chi connectivity index (χ1) is 29.0. The smallest absolute Gasteiger partial charge is 0.309 e. The molecule has 0 aromatic rings. The Bertz CT molecular complexity index is 1170. The molecule has 0 fully saturated rings. The van der Waals surface area contributed by atoms with Crippen LogP contribution in [-0.2, 0) is 28.6 Å². The van der Waals surface area contributed by atoms with Crippen molar-refractivity contribution in [1.82, 2.24) is 0 Å². The molecular formula is C53H88O6. The minimum absolute atomic E-state index is 0.111. The zero-order chi connectivity index (χ0) is 43.0. The summed E-state index contributed by atoms with van der Waals surface area (Å²) in [6.07, 6.45) is 60.1. The molecule has 0 saturated heterocycles. The molecule has 336 valence electrons. The molecule has 6 nitrogen and oxygen atoms in total. The molecule has 0 aliphatic heterocycles. The van der Waals surface area contributed by atoms with Crippen molar-refractivity contribution in [2.24, 2.45) is 0 Å². The second kappa shape index (κ2) is 47.3. The van der Waals surface area contributed by atoms with Gasteiger partial charge < -0.3 is 14.2 Å². The van der Waals surface area contributed by atoms with Gasteiger partial charge in [-0.25, -0.2) is 0 Å². The van der Waals surface area contributed by atoms with E-state index in [1.165, 1.54) is 77.0 Å². The molecule has 0 heterocycles. The number of rotatable bonds is 42. The zero-order valence-electron chi connectivity index (χ0n) is 38.2. The molecule has 59 heavy (non-hydrogen) atoms. The summed E-state index contributed by atoms with van der Waals surface area (Å²) in [7, 11) is 0. The van der Waals surface area contributed by atoms with Gasteiger partial charge in [-0.2, -0.15) is 0 Å². The van der Waals surface area contributed by atoms with Crippen molar-refractivity contribution in [3.63, 3.8) is 0 Å². The van der Waals surface area contributed by atoms with Gasteiger partial charge in [0.15, 0.2) is 6.10 Å². The Morgan fingerprint density at radius 3 is 1.22 bits per heavy atom. The number of hydrogen-bond donors (Lipinski definition) is 0. The maximum atomic E-state index is 12.7. The summed E-state index contributed by atoms with van der Waals surface area (Å²) < 4.78 is 16.6. The Kier molecular flexibility index (Phi) is 44.5. The Labute approximate surface area is 363 Å². The topological polar surface area (TPSA) is 78.9 Å². The minimum Gasteiger partial charge on any atom is -0.462 e. The van der Waals surface area contributed by atoms with E-state index >= 15 is 0 Å². The van der Waals surface area contributed by atoms with Crippen molar-refractivity contribution >= 4 is 17.9 Å². The van der Waals surface area contributed by atoms with E-state index in [2.05, 4.69) is 93.7 Å². The zero-order valence-corrected chi connectivity index (χ0v) is 38.2. The van der Waals surface area contributed by atoms with Crippen molar-refractivity contribution in [2.45, 2.75) is 219 Å². The van der Waals surface area contributed by atoms with Gasteiger partial charge in [-0.1, -0.05) is 202 Å². The third-order valence-electron chi connectivity index (χ3n) is 9.92. The number of ether oxygens (including phenoxy) is 3. The van der Waals surface area contributed by atoms with E-state index in [0.29, 0.717) is 12.8 Å². The minimum atomic E-state index is -0.820. The molecule has 6 heteroatoms. The molecule has 0 bridgehead atoms. The van der Waals surface area contributed by atoms with Crippen LogP contribution in [0.5, 0.6) is 0 Å². The van der Waals surface area contributed by atoms with Gasteiger partial charge in [-0.3, -0.25) is 14.4 Å². The van der Waals surface area contributed by atoms with E-state index in [4.69, 9.17) is 14.2 Å². The SMILES string of the molecule is CC/C=C\C/C=C\C/C=C\C/C=C\C/C=C\CC(=O)OCC(COC(=O)CCCCCCCCCCCCC)OC(=O)CCCCCCC/C=C\C/C=C\CCCCC. The summed E-state index contributed by atoms with van der Waals surface area (Å²) in [5, 5.41) is 0. The number of carbonyl (C=O) groups excluding carboxylic acids is 3. The first-order valence-corrected chi connectivity index (χ1v) is 24.1. The number of allylic oxidation sites excluding steroid dienone is 13. The third kappa shape index (κ3) is 45.5. The summed E-state index contributed by atoms with van der Waals surface area (Å²) in [5.74, 6) is -1.06. The molecule has 1 atom stereocenters. The third-order valence-corrected chi connectivity index (χ3v) is 9.92. The first-order valence-electron chi connectivity index (χ1n) is 24.1. The highest BCUT2D eigenvalue weighted by Gasteiger charge is 2.19. The number of unbranched alkanes of at least 4 members (excludes halogenated alkanes) is 18. The molecule has 0 aromatic heterocycles. The Morgan fingerprint density at radius 2 is 0.729 bits per heavy atom. The van der Waals surface area contributed by atoms with Crippen molar-refractivity contribution in [1.29, 1.82) is 0 Å². The van der Waals surface area contributed by atoms with Gasteiger partial charge in [0.1, 0.15) is 13.2 Å². The quantitative estimate of drug-likeness (QED) is 0.0264. The van der Waals surface area contributed by atoms with Gasteiger partial charge in [0.25, 0.3) is 0 Å². The second-order valence-corrected chi connectivity index (χ2v) is 15.7. The van der Waals surface area contributed by atoms with Crippen LogP contribution in [0.25, 0.3) is 0 Å². The lowest BCUT2D eigenvalue weighted by Crippen LogP contribution is -2.30. The lowest BCUT2D eigenvalue weighted by atomic mass is 10.1. The van der Waals surface area contributed by atoms with Crippen LogP contribution in [0.4, 0.5) is 0 Å². The molecule has 0 aliphatic rings. The van der Waals surface area contributed by atoms with Crippen LogP contribution in [0.15, 0.2) is 85.1 Å². The highest BCUT2D eigenvalue weighted by molar-refractivity contribution is 5.72. The first kappa shape index (κ1) is 55.6. The van der Waals surface area contributed by atoms with Crippen LogP contribution in [0.2, 0.25) is 0 Å². The predicted molar refractivity (Wildman–Crippen MR) is 251 cm³/mol. The summed E-state index contributed by atoms with van der Waals surface area (Å²) >= 11 is 0. The Morgan fingerprint density at radius 1 is 0.373 bits per heavy atom. The van der Waals surface area contributed by atoms with E-state index in [1.807, 2.05) is 6.08 Å². The van der Waals surface area contributed by atoms with Gasteiger partial charge >= 0.3 is 17.9 Å². The van der Waals surface area contributed by atoms with E-state index in [0.717, 1.165) is 96.3 Å². The molecule has 1 unspecified atom stereocenters. The van der Waals surface area contributed by atoms with Gasteiger partial charge in [0.05, 0.1) is 6.42 Å². The standard InChI is InChI=1S/C53H88O6/c1-4-7-10-13-16-19-22-24-26-28-31-34-37-40-43-46-52(55)58-49-50(48-57-51(54)45-42-39-36-33-30-21-18-15-12-9-6-3)59-53(56)47-44-41-38-35-32-29-27-25-23-20-17-14-11-8-5-2/h7,10,16-17,19-20,24-27,31,34,40,43,50H,4-6,8-9,11-15,18,21-23,28-30,32-33,35-39,41-42,44-49H2,1-3H3/b10-7-,19-16-,20-17-,26-24-,27-25-,34-31-,43-40-. The Balaban J connectivity index is 4.54. The number of esters is 3. The summed E-state index contributed by atoms with van der Waals surface area (Å²) in [6, 6.07) is 0. The lowest BCUT2D eigenvalue weighted by Gasteiger charge is -2.18. The fraction of sp³-hybridized carbons (Fsp3) is 0.679. The van der Waals surface area contributed by atoms with E-state index < -0.39 is 12.1 Å². The summed E-state index contributed by atoms with van der Waals surface area (Å²) in [6.45, 7) is 6.37. The van der Waals surface area contributed by atoms with Crippen LogP contribution in [-0.4, -0.2) is 37.2 Å². The maximum absolute atomic E-state index is 12.7. The summed E-state index contributed by atoms with van der Waals surface area (Å²) in [4.78, 5) is 37.8. The molecule has 0 aliphatic carbocycles. The predicted octanol–water partition coefficient (Wildman–Crippen LogP) is 15.6. The van der Waals surface area contributed by atoms with Crippen LogP contribution >= 0.6 is 0 Å². The maximum Gasteiger partial charge on any atom is 0.309 e. The largest absolute Gasteiger partial charge is 0.462 e. The molecule has 0 aromatic carbocycles. The normalized spacial score (nSPS) is 12.8. The van der Waals surface area contributed by atoms with E-state index in [9.17, 15) is 14.4 Å². The van der Waals surface area contributed by atoms with Crippen LogP contribution in [0.3, 0.4) is 0 Å². The van der Waals surface area contributed by atoms with Crippen LogP contribution in [0, 0.1) is 0 Å². The Hall–Kier alpha value is -3.41. The van der Waals surface area contributed by atoms with Crippen molar-refractivity contribution in [2.75, 3.05) is 13.2 Å². The van der Waals surface area contributed by atoms with E-state index in [1.54, 1.807) is 6.08 Å². The molecule has 0 rings (SSSR count). The summed E-state index contributed by atoms with van der Waals surface area (Å²) in [5.41, 5.74) is 0. The molecular weight excluding hydrogens is 733 g/mol. The average molecular weight is 821 g/mol. The van der Waals surface area contributed by atoms with Crippen LogP contribution < -0.4 is 0 Å². The number of hydrogen-bond acceptors (Lipinski definition) is 6. The van der Waals surface area contributed by atoms with Crippen molar-refractivity contribution in [3.05, 3.63) is 85.1 Å². The van der Waals surface area contributed by atoms with Gasteiger partial charge in [-0.05, 0) is 77.0 Å². The molecule has 0 spiro atoms. The second-order valence-electron chi connectivity index (χ2n) is 15.7. The monoisotopic (exact) mass is 821 g/mol. The van der Waals surface area contributed by atoms with Crippen molar-refractivity contribution < 1.29 is 28.6 Å². The lowest BCUT2D eigenvalue weighted by molar-refractivity contribution is -0.166. The highest BCUT2D eigenvalue weighted by Crippen LogP contribution is 2.13. The number of carbonyl (C=O) groups is 3. The van der Waals surface area contributed by atoms with Crippen molar-refractivity contribution in [3.8, 4) is 0 Å². The molecule has 0 N–H and O–H groups in total. The molecule has 0 saturated carbocycles. The average Bonchev–Trinajstić information content (AvgIpc) is 3.23. The molecule has 0 amide bonds. The van der Waals surface area contributed by atoms with Gasteiger partial charge in [0, 0.05) is 12.8 Å². The fourth-order valence-corrected chi connectivity index (χ4v) is 6.31. The fourth-order valence-electron chi connectivity index (χ4n) is 6.31. The van der Waals surface area contributed by atoms with Crippen LogP contribution in [0.1, 0.15) is 213 Å².